The van der Waals surface area contributed by atoms with Crippen LogP contribution in [-0.4, -0.2) is 18.4 Å². The topological polar surface area (TPSA) is 26.3 Å². The lowest BCUT2D eigenvalue weighted by Gasteiger charge is -2.23. The fourth-order valence-electron chi connectivity index (χ4n) is 2.24. The number of allylic oxidation sites excluding steroid dienone is 2. The fraction of sp³-hybridized carbons (Fsp3) is 0.800. The van der Waals surface area contributed by atoms with E-state index in [4.69, 9.17) is 4.52 Å². The van der Waals surface area contributed by atoms with Gasteiger partial charge in [0.25, 0.3) is 0 Å². The third-order valence-electron chi connectivity index (χ3n) is 2.97. The quantitative estimate of drug-likeness (QED) is 0.517. The molecule has 0 aromatic rings. The number of hydrogen-bond acceptors (Lipinski definition) is 2. The minimum atomic E-state index is -2.42. The Morgan fingerprint density at radius 2 is 2.08 bits per heavy atom. The maximum atomic E-state index is 12.4. The third-order valence-corrected chi connectivity index (χ3v) is 6.62. The van der Waals surface area contributed by atoms with Crippen molar-refractivity contribution in [2.45, 2.75) is 44.9 Å². The van der Waals surface area contributed by atoms with Gasteiger partial charge in [0.05, 0.1) is 11.3 Å². The zero-order valence-corrected chi connectivity index (χ0v) is 9.80. The molecule has 0 saturated carbocycles. The Morgan fingerprint density at radius 3 is 2.46 bits per heavy atom. The predicted octanol–water partition coefficient (Wildman–Crippen LogP) is 3.43. The molecule has 1 aliphatic rings. The highest BCUT2D eigenvalue weighted by Gasteiger charge is 2.43. The summed E-state index contributed by atoms with van der Waals surface area (Å²) in [5, 5.41) is 0. The summed E-state index contributed by atoms with van der Waals surface area (Å²) in [5.74, 6) is 0. The molecule has 3 atom stereocenters. The van der Waals surface area contributed by atoms with Crippen LogP contribution in [0, 0.1) is 0 Å². The van der Waals surface area contributed by atoms with Gasteiger partial charge in [0.15, 0.2) is 0 Å². The molecule has 0 spiro atoms. The summed E-state index contributed by atoms with van der Waals surface area (Å²) >= 11 is 0. The van der Waals surface area contributed by atoms with Crippen LogP contribution in [0.2, 0.25) is 0 Å². The lowest BCUT2D eigenvalue weighted by molar-refractivity contribution is 0.382. The van der Waals surface area contributed by atoms with Gasteiger partial charge in [-0.15, -0.1) is 0 Å². The molecule has 0 N–H and O–H groups in total. The van der Waals surface area contributed by atoms with Crippen LogP contribution >= 0.6 is 7.37 Å². The van der Waals surface area contributed by atoms with E-state index in [2.05, 4.69) is 26.8 Å². The zero-order chi connectivity index (χ0) is 10.1. The van der Waals surface area contributed by atoms with Gasteiger partial charge in [-0.1, -0.05) is 25.5 Å². The molecular formula is C10H19O2P. The average Bonchev–Trinajstić information content (AvgIpc) is 2.38. The molecule has 0 aliphatic carbocycles. The van der Waals surface area contributed by atoms with Crippen molar-refractivity contribution in [3.8, 4) is 0 Å². The van der Waals surface area contributed by atoms with Crippen LogP contribution in [0.15, 0.2) is 11.6 Å². The van der Waals surface area contributed by atoms with Gasteiger partial charge in [-0.3, -0.25) is 4.57 Å². The highest BCUT2D eigenvalue weighted by molar-refractivity contribution is 7.61. The highest BCUT2D eigenvalue weighted by Crippen LogP contribution is 2.64. The van der Waals surface area contributed by atoms with Crippen molar-refractivity contribution in [2.75, 3.05) is 7.11 Å². The van der Waals surface area contributed by atoms with Crippen molar-refractivity contribution >= 4 is 7.37 Å². The summed E-state index contributed by atoms with van der Waals surface area (Å²) in [6.45, 7) is 6.21. The van der Waals surface area contributed by atoms with E-state index >= 15 is 0 Å². The Kier molecular flexibility index (Phi) is 3.37. The van der Waals surface area contributed by atoms with Crippen molar-refractivity contribution in [3.63, 3.8) is 0 Å². The van der Waals surface area contributed by atoms with Crippen LogP contribution in [0.5, 0.6) is 0 Å². The molecule has 0 saturated heterocycles. The first-order chi connectivity index (χ1) is 6.10. The van der Waals surface area contributed by atoms with Crippen molar-refractivity contribution in [1.82, 2.24) is 0 Å². The molecule has 0 radical (unpaired) electrons. The van der Waals surface area contributed by atoms with Crippen LogP contribution in [-0.2, 0) is 9.09 Å². The fourth-order valence-corrected chi connectivity index (χ4v) is 5.35. The summed E-state index contributed by atoms with van der Waals surface area (Å²) < 4.78 is 17.7. The summed E-state index contributed by atoms with van der Waals surface area (Å²) in [6, 6.07) is 0. The van der Waals surface area contributed by atoms with Gasteiger partial charge in [-0.05, 0) is 19.8 Å². The zero-order valence-electron chi connectivity index (χ0n) is 8.91. The Bertz CT molecular complexity index is 258. The highest BCUT2D eigenvalue weighted by atomic mass is 31.2. The Labute approximate surface area is 80.8 Å². The van der Waals surface area contributed by atoms with Crippen molar-refractivity contribution in [1.29, 1.82) is 0 Å². The molecule has 0 fully saturated rings. The largest absolute Gasteiger partial charge is 0.331 e. The second kappa shape index (κ2) is 3.98. The minimum absolute atomic E-state index is 0.155. The van der Waals surface area contributed by atoms with Gasteiger partial charge in [0, 0.05) is 7.11 Å². The van der Waals surface area contributed by atoms with Gasteiger partial charge in [-0.25, -0.2) is 0 Å². The molecule has 3 unspecified atom stereocenters. The van der Waals surface area contributed by atoms with E-state index in [-0.39, 0.29) is 11.3 Å². The normalized spacial score (nSPS) is 39.2. The van der Waals surface area contributed by atoms with Crippen LogP contribution < -0.4 is 0 Å². The van der Waals surface area contributed by atoms with Crippen LogP contribution in [0.25, 0.3) is 0 Å². The molecule has 0 bridgehead atoms. The molecule has 0 amide bonds. The second-order valence-electron chi connectivity index (χ2n) is 3.64. The summed E-state index contributed by atoms with van der Waals surface area (Å²) in [4.78, 5) is 0. The average molecular weight is 202 g/mol. The Morgan fingerprint density at radius 1 is 1.46 bits per heavy atom. The van der Waals surface area contributed by atoms with Crippen LogP contribution in [0.1, 0.15) is 33.6 Å². The number of rotatable bonds is 3. The maximum Gasteiger partial charge on any atom is 0.216 e. The van der Waals surface area contributed by atoms with Crippen LogP contribution in [0.3, 0.4) is 0 Å². The lowest BCUT2D eigenvalue weighted by atomic mass is 10.1. The van der Waals surface area contributed by atoms with Gasteiger partial charge in [0.2, 0.25) is 7.37 Å². The molecule has 0 aromatic carbocycles. The lowest BCUT2D eigenvalue weighted by Crippen LogP contribution is -2.11. The summed E-state index contributed by atoms with van der Waals surface area (Å²) in [7, 11) is -0.838. The van der Waals surface area contributed by atoms with E-state index in [1.54, 1.807) is 7.11 Å². The molecule has 1 aliphatic heterocycles. The smallest absolute Gasteiger partial charge is 0.216 e. The molecule has 13 heavy (non-hydrogen) atoms. The first-order valence-corrected chi connectivity index (χ1v) is 6.69. The number of hydrogen-bond donors (Lipinski definition) is 0. The Hall–Kier alpha value is -0.0700. The molecule has 76 valence electrons. The molecular weight excluding hydrogens is 183 g/mol. The van der Waals surface area contributed by atoms with E-state index in [0.29, 0.717) is 0 Å². The molecule has 3 heteroatoms. The van der Waals surface area contributed by atoms with Gasteiger partial charge >= 0.3 is 0 Å². The standard InChI is InChI=1S/C10H19O2P/c1-5-9-7-8(3)10(6-2)13(9,11)12-4/h7,9-10H,5-6H2,1-4H3. The monoisotopic (exact) mass is 202 g/mol. The maximum absolute atomic E-state index is 12.4. The Balaban J connectivity index is 2.99. The van der Waals surface area contributed by atoms with Crippen molar-refractivity contribution in [2.24, 2.45) is 0 Å². The molecule has 2 nitrogen and oxygen atoms in total. The second-order valence-corrected chi connectivity index (χ2v) is 6.58. The van der Waals surface area contributed by atoms with Gasteiger partial charge < -0.3 is 4.52 Å². The SMILES string of the molecule is CCC1C=C(C)C(CC)P1(=O)OC. The minimum Gasteiger partial charge on any atom is -0.331 e. The van der Waals surface area contributed by atoms with Crippen molar-refractivity contribution < 1.29 is 9.09 Å². The van der Waals surface area contributed by atoms with E-state index in [9.17, 15) is 4.57 Å². The predicted molar refractivity (Wildman–Crippen MR) is 56.5 cm³/mol. The third kappa shape index (κ3) is 1.62. The van der Waals surface area contributed by atoms with E-state index in [0.717, 1.165) is 12.8 Å². The first-order valence-electron chi connectivity index (χ1n) is 4.93. The first kappa shape index (κ1) is 11.0. The summed E-state index contributed by atoms with van der Waals surface area (Å²) in [6.07, 6.45) is 3.97. The van der Waals surface area contributed by atoms with Gasteiger partial charge in [-0.2, -0.15) is 0 Å². The molecule has 0 aromatic heterocycles. The summed E-state index contributed by atoms with van der Waals surface area (Å²) in [5.41, 5.74) is 1.57. The van der Waals surface area contributed by atoms with E-state index in [1.165, 1.54) is 5.57 Å². The van der Waals surface area contributed by atoms with E-state index in [1.807, 2.05) is 0 Å². The van der Waals surface area contributed by atoms with Crippen LogP contribution in [0.4, 0.5) is 0 Å². The van der Waals surface area contributed by atoms with Gasteiger partial charge in [0.1, 0.15) is 0 Å². The van der Waals surface area contributed by atoms with Crippen molar-refractivity contribution in [3.05, 3.63) is 11.6 Å². The molecule has 1 rings (SSSR count). The molecule has 1 heterocycles. The van der Waals surface area contributed by atoms with E-state index < -0.39 is 7.37 Å².